The lowest BCUT2D eigenvalue weighted by Gasteiger charge is -2.01. The molecule has 13 heavy (non-hydrogen) atoms. The van der Waals surface area contributed by atoms with Crippen LogP contribution in [0.1, 0.15) is 18.9 Å². The van der Waals surface area contributed by atoms with Gasteiger partial charge in [-0.25, -0.2) is 0 Å². The number of quaternary nitrogens is 1. The van der Waals surface area contributed by atoms with Crippen molar-refractivity contribution in [3.63, 3.8) is 0 Å². The van der Waals surface area contributed by atoms with Crippen molar-refractivity contribution in [2.75, 3.05) is 0 Å². The van der Waals surface area contributed by atoms with Crippen molar-refractivity contribution >= 4 is 37.2 Å². The van der Waals surface area contributed by atoms with Gasteiger partial charge in [-0.05, 0) is 18.9 Å². The fourth-order valence-corrected chi connectivity index (χ4v) is 1.06. The van der Waals surface area contributed by atoms with Gasteiger partial charge in [-0.1, -0.05) is 30.3 Å². The molecule has 0 aliphatic heterocycles. The molecule has 0 aromatic heterocycles. The van der Waals surface area contributed by atoms with Gasteiger partial charge in [0.25, 0.3) is 0 Å². The largest absolute Gasteiger partial charge is 0.355 e. The molecule has 1 atom stereocenters. The van der Waals surface area contributed by atoms with Crippen molar-refractivity contribution < 1.29 is 5.73 Å². The number of rotatable bonds is 3. The summed E-state index contributed by atoms with van der Waals surface area (Å²) in [7, 11) is 0. The monoisotopic (exact) mass is 404 g/mol. The molecule has 1 rings (SSSR count). The molecule has 0 amide bonds. The molecule has 0 spiro atoms. The second-order valence-corrected chi connectivity index (χ2v) is 3.13. The first kappa shape index (κ1) is 13.6. The van der Waals surface area contributed by atoms with Crippen molar-refractivity contribution in [3.8, 4) is 0 Å². The zero-order valence-electron chi connectivity index (χ0n) is 7.84. The Kier molecular flexibility index (Phi) is 9.66. The van der Waals surface area contributed by atoms with Crippen molar-refractivity contribution in [2.45, 2.75) is 25.8 Å². The van der Waals surface area contributed by atoms with Gasteiger partial charge in [0.1, 0.15) is 0 Å². The lowest BCUT2D eigenvalue weighted by molar-refractivity contribution is -0.415. The minimum absolute atomic E-state index is 0.565. The van der Waals surface area contributed by atoms with Crippen LogP contribution < -0.4 is 5.73 Å². The second kappa shape index (κ2) is 9.21. The van der Waals surface area contributed by atoms with Gasteiger partial charge in [0.15, 0.2) is 0 Å². The highest BCUT2D eigenvalue weighted by molar-refractivity contribution is 15.0. The third kappa shape index (κ3) is 7.69. The Balaban J connectivity index is 0.000000671. The molecular weight excluding hydrogens is 388 g/mol. The Morgan fingerprint density at radius 2 is 1.77 bits per heavy atom. The zero-order chi connectivity index (χ0) is 10.1. The van der Waals surface area contributed by atoms with E-state index in [2.05, 4.69) is 80.2 Å². The Morgan fingerprint density at radius 1 is 1.23 bits per heavy atom. The van der Waals surface area contributed by atoms with Crippen LogP contribution in [-0.4, -0.2) is 6.04 Å². The summed E-state index contributed by atoms with van der Waals surface area (Å²) in [6.45, 7) is 2.16. The van der Waals surface area contributed by atoms with Crippen LogP contribution in [-0.2, 0) is 6.42 Å². The first-order valence-electron chi connectivity index (χ1n) is 4.30. The molecule has 0 saturated heterocycles. The van der Waals surface area contributed by atoms with E-state index in [-0.39, 0.29) is 0 Å². The van der Waals surface area contributed by atoms with Gasteiger partial charge in [0, 0.05) is 43.7 Å². The van der Waals surface area contributed by atoms with Crippen LogP contribution in [0.5, 0.6) is 0 Å². The lowest BCUT2D eigenvalue weighted by atomic mass is 10.1. The maximum absolute atomic E-state index is 3.95. The molecule has 74 valence electrons. The quantitative estimate of drug-likeness (QED) is 0.751. The Labute approximate surface area is 104 Å². The normalized spacial score (nSPS) is 11.4. The predicted molar refractivity (Wildman–Crippen MR) is 75.2 cm³/mol. The number of hydrogen-bond donors (Lipinski definition) is 1. The van der Waals surface area contributed by atoms with E-state index in [1.165, 1.54) is 12.0 Å². The third-order valence-electron chi connectivity index (χ3n) is 1.77. The standard InChI is InChI=1S/C10H15N.I2/c1-9(11)7-8-10-5-3-2-4-6-10;1-2/h2-6,9H,7-8,11H2,1H3;/p+1/t9-;/m1./s1. The molecule has 3 heteroatoms. The van der Waals surface area contributed by atoms with Gasteiger partial charge in [-0.3, -0.25) is 0 Å². The molecule has 0 saturated carbocycles. The third-order valence-corrected chi connectivity index (χ3v) is 1.77. The molecule has 0 fully saturated rings. The number of halogens is 2. The molecule has 0 bridgehead atoms. The van der Waals surface area contributed by atoms with Gasteiger partial charge in [0.05, 0.1) is 6.04 Å². The fourth-order valence-electron chi connectivity index (χ4n) is 1.06. The van der Waals surface area contributed by atoms with Crippen molar-refractivity contribution in [1.82, 2.24) is 0 Å². The van der Waals surface area contributed by atoms with Gasteiger partial charge in [-0.15, -0.1) is 0 Å². The summed E-state index contributed by atoms with van der Waals surface area (Å²) in [5.41, 5.74) is 5.37. The van der Waals surface area contributed by atoms with E-state index in [9.17, 15) is 0 Å². The van der Waals surface area contributed by atoms with Crippen LogP contribution in [0.25, 0.3) is 0 Å². The summed E-state index contributed by atoms with van der Waals surface area (Å²) in [6, 6.07) is 11.1. The fraction of sp³-hybridized carbons (Fsp3) is 0.400. The van der Waals surface area contributed by atoms with Crippen LogP contribution in [0.3, 0.4) is 0 Å². The summed E-state index contributed by atoms with van der Waals surface area (Å²) in [6.07, 6.45) is 2.34. The molecular formula is C10H16I2N+. The molecule has 1 aromatic rings. The molecule has 0 heterocycles. The SMILES string of the molecule is C[C@@H]([NH3+])CCc1ccccc1.II. The Morgan fingerprint density at radius 3 is 2.23 bits per heavy atom. The minimum Gasteiger partial charge on any atom is -0.355 e. The lowest BCUT2D eigenvalue weighted by Crippen LogP contribution is -2.59. The highest BCUT2D eigenvalue weighted by Gasteiger charge is 1.97. The number of aryl methyl sites for hydroxylation is 1. The van der Waals surface area contributed by atoms with Gasteiger partial charge < -0.3 is 5.73 Å². The molecule has 0 aliphatic rings. The Bertz CT molecular complexity index is 199. The van der Waals surface area contributed by atoms with E-state index >= 15 is 0 Å². The minimum atomic E-state index is 0.565. The molecule has 1 aromatic carbocycles. The number of benzene rings is 1. The van der Waals surface area contributed by atoms with Crippen LogP contribution in [0.2, 0.25) is 0 Å². The van der Waals surface area contributed by atoms with E-state index in [1.54, 1.807) is 0 Å². The average molecular weight is 404 g/mol. The van der Waals surface area contributed by atoms with E-state index in [4.69, 9.17) is 0 Å². The maximum Gasteiger partial charge on any atom is 0.0818 e. The van der Waals surface area contributed by atoms with E-state index < -0.39 is 0 Å². The molecule has 1 nitrogen and oxygen atoms in total. The van der Waals surface area contributed by atoms with E-state index in [0.717, 1.165) is 6.42 Å². The molecule has 3 N–H and O–H groups in total. The molecule has 0 aliphatic carbocycles. The summed E-state index contributed by atoms with van der Waals surface area (Å²) in [5.74, 6) is 0. The summed E-state index contributed by atoms with van der Waals surface area (Å²) < 4.78 is 0. The maximum atomic E-state index is 3.95. The van der Waals surface area contributed by atoms with Crippen LogP contribution >= 0.6 is 37.2 Å². The van der Waals surface area contributed by atoms with Crippen LogP contribution in [0.4, 0.5) is 0 Å². The van der Waals surface area contributed by atoms with E-state index in [1.807, 2.05) is 0 Å². The molecule has 0 radical (unpaired) electrons. The van der Waals surface area contributed by atoms with Crippen molar-refractivity contribution in [1.29, 1.82) is 0 Å². The van der Waals surface area contributed by atoms with Crippen molar-refractivity contribution in [3.05, 3.63) is 35.9 Å². The van der Waals surface area contributed by atoms with E-state index in [0.29, 0.717) is 6.04 Å². The summed E-state index contributed by atoms with van der Waals surface area (Å²) >= 11 is 4.24. The first-order valence-corrected chi connectivity index (χ1v) is 10.6. The van der Waals surface area contributed by atoms with Crippen LogP contribution in [0.15, 0.2) is 30.3 Å². The summed E-state index contributed by atoms with van der Waals surface area (Å²) in [5, 5.41) is 0. The zero-order valence-corrected chi connectivity index (χ0v) is 12.2. The number of hydrogen-bond acceptors (Lipinski definition) is 0. The van der Waals surface area contributed by atoms with Gasteiger partial charge in [-0.2, -0.15) is 0 Å². The summed E-state index contributed by atoms with van der Waals surface area (Å²) in [4.78, 5) is 0. The molecule has 0 unspecified atom stereocenters. The topological polar surface area (TPSA) is 27.6 Å². The predicted octanol–water partition coefficient (Wildman–Crippen LogP) is 3.02. The van der Waals surface area contributed by atoms with Gasteiger partial charge in [0.2, 0.25) is 0 Å². The van der Waals surface area contributed by atoms with Crippen LogP contribution in [0, 0.1) is 0 Å². The smallest absolute Gasteiger partial charge is 0.0818 e. The van der Waals surface area contributed by atoms with Gasteiger partial charge >= 0.3 is 0 Å². The second-order valence-electron chi connectivity index (χ2n) is 3.13. The Hall–Kier alpha value is 0.640. The first-order chi connectivity index (χ1) is 6.29. The highest BCUT2D eigenvalue weighted by atomic mass is 128. The van der Waals surface area contributed by atoms with Crippen molar-refractivity contribution in [2.24, 2.45) is 0 Å². The highest BCUT2D eigenvalue weighted by Crippen LogP contribution is 2.02. The average Bonchev–Trinajstić information content (AvgIpc) is 2.19.